The second-order valence-electron chi connectivity index (χ2n) is 6.43. The Labute approximate surface area is 185 Å². The molecular formula is C20H19F3N4O4S. The molecule has 2 heterocycles. The van der Waals surface area contributed by atoms with E-state index in [-0.39, 0.29) is 28.8 Å². The number of hydrogen-bond acceptors (Lipinski definition) is 7. The largest absolute Gasteiger partial charge is 0.497 e. The lowest BCUT2D eigenvalue weighted by molar-refractivity contribution is -0.141. The molecule has 1 aromatic carbocycles. The molecule has 1 aliphatic heterocycles. The highest BCUT2D eigenvalue weighted by Crippen LogP contribution is 2.32. The SMILES string of the molecule is CCOC(=O)C1=C(CSc2nccc(C(F)(F)F)n2)NC(=O)NC1c1ccc(OC)cc1. The lowest BCUT2D eigenvalue weighted by Crippen LogP contribution is -2.46. The maximum absolute atomic E-state index is 12.9. The number of carbonyl (C=O) groups is 2. The molecule has 0 radical (unpaired) electrons. The Balaban J connectivity index is 1.94. The first kappa shape index (κ1) is 23.4. The van der Waals surface area contributed by atoms with Gasteiger partial charge in [0, 0.05) is 17.6 Å². The molecular weight excluding hydrogens is 449 g/mol. The first-order valence-electron chi connectivity index (χ1n) is 9.37. The van der Waals surface area contributed by atoms with Gasteiger partial charge in [-0.1, -0.05) is 23.9 Å². The molecule has 170 valence electrons. The maximum atomic E-state index is 12.9. The second kappa shape index (κ2) is 9.90. The first-order chi connectivity index (χ1) is 15.2. The number of benzene rings is 1. The number of hydrogen-bond donors (Lipinski definition) is 2. The molecule has 2 amide bonds. The first-order valence-corrected chi connectivity index (χ1v) is 10.4. The number of alkyl halides is 3. The molecule has 0 bridgehead atoms. The third kappa shape index (κ3) is 5.49. The molecule has 0 spiro atoms. The third-order valence-corrected chi connectivity index (χ3v) is 5.26. The number of rotatable bonds is 7. The number of ether oxygens (including phenoxy) is 2. The van der Waals surface area contributed by atoms with Crippen LogP contribution in [0.1, 0.15) is 24.2 Å². The normalized spacial score (nSPS) is 16.3. The summed E-state index contributed by atoms with van der Waals surface area (Å²) >= 11 is 0.851. The average Bonchev–Trinajstić information content (AvgIpc) is 2.77. The number of nitrogens with zero attached hydrogens (tertiary/aromatic N) is 2. The van der Waals surface area contributed by atoms with Crippen molar-refractivity contribution in [2.24, 2.45) is 0 Å². The Morgan fingerprint density at radius 2 is 1.94 bits per heavy atom. The molecule has 1 aliphatic rings. The van der Waals surface area contributed by atoms with Crippen molar-refractivity contribution >= 4 is 23.8 Å². The molecule has 1 aromatic heterocycles. The van der Waals surface area contributed by atoms with Crippen molar-refractivity contribution in [3.8, 4) is 5.75 Å². The van der Waals surface area contributed by atoms with E-state index in [0.29, 0.717) is 11.3 Å². The van der Waals surface area contributed by atoms with Gasteiger partial charge in [0.05, 0.1) is 25.3 Å². The molecule has 8 nitrogen and oxygen atoms in total. The highest BCUT2D eigenvalue weighted by atomic mass is 32.2. The molecule has 1 atom stereocenters. The van der Waals surface area contributed by atoms with E-state index in [1.165, 1.54) is 7.11 Å². The van der Waals surface area contributed by atoms with Crippen LogP contribution >= 0.6 is 11.8 Å². The van der Waals surface area contributed by atoms with Gasteiger partial charge in [-0.15, -0.1) is 0 Å². The zero-order valence-corrected chi connectivity index (χ0v) is 17.8. The van der Waals surface area contributed by atoms with Gasteiger partial charge in [-0.2, -0.15) is 13.2 Å². The number of urea groups is 1. The number of esters is 1. The van der Waals surface area contributed by atoms with Crippen LogP contribution in [-0.2, 0) is 15.7 Å². The Hall–Kier alpha value is -3.28. The van der Waals surface area contributed by atoms with Crippen LogP contribution in [0.3, 0.4) is 0 Å². The van der Waals surface area contributed by atoms with Crippen LogP contribution in [0.15, 0.2) is 53.0 Å². The predicted octanol–water partition coefficient (Wildman–Crippen LogP) is 3.47. The van der Waals surface area contributed by atoms with Crippen molar-refractivity contribution in [2.75, 3.05) is 19.5 Å². The zero-order chi connectivity index (χ0) is 23.3. The topological polar surface area (TPSA) is 102 Å². The Bertz CT molecular complexity index is 1030. The summed E-state index contributed by atoms with van der Waals surface area (Å²) in [4.78, 5) is 32.3. The van der Waals surface area contributed by atoms with Gasteiger partial charge >= 0.3 is 18.2 Å². The summed E-state index contributed by atoms with van der Waals surface area (Å²) in [7, 11) is 1.51. The van der Waals surface area contributed by atoms with Crippen molar-refractivity contribution in [2.45, 2.75) is 24.3 Å². The molecule has 32 heavy (non-hydrogen) atoms. The Morgan fingerprint density at radius 1 is 1.22 bits per heavy atom. The van der Waals surface area contributed by atoms with Gasteiger partial charge in [0.25, 0.3) is 0 Å². The number of halogens is 3. The monoisotopic (exact) mass is 468 g/mol. The highest BCUT2D eigenvalue weighted by Gasteiger charge is 2.35. The van der Waals surface area contributed by atoms with Crippen molar-refractivity contribution in [1.82, 2.24) is 20.6 Å². The van der Waals surface area contributed by atoms with Crippen LogP contribution in [0.5, 0.6) is 5.75 Å². The standard InChI is InChI=1S/C20H19F3N4O4S/c1-3-31-17(28)15-13(10-32-19-24-9-8-14(26-19)20(21,22)23)25-18(29)27-16(15)11-4-6-12(30-2)7-5-11/h4-9,16H,3,10H2,1-2H3,(H2,25,27,29). The van der Waals surface area contributed by atoms with E-state index in [4.69, 9.17) is 9.47 Å². The number of carbonyl (C=O) groups excluding carboxylic acids is 2. The van der Waals surface area contributed by atoms with Crippen LogP contribution in [0, 0.1) is 0 Å². The minimum Gasteiger partial charge on any atom is -0.497 e. The minimum atomic E-state index is -4.62. The summed E-state index contributed by atoms with van der Waals surface area (Å²) in [6.45, 7) is 1.74. The van der Waals surface area contributed by atoms with Gasteiger partial charge < -0.3 is 20.1 Å². The number of thioether (sulfide) groups is 1. The molecule has 2 N–H and O–H groups in total. The molecule has 3 rings (SSSR count). The van der Waals surface area contributed by atoms with Gasteiger partial charge in [-0.05, 0) is 30.7 Å². The van der Waals surface area contributed by atoms with Crippen LogP contribution in [0.25, 0.3) is 0 Å². The highest BCUT2D eigenvalue weighted by molar-refractivity contribution is 7.99. The molecule has 0 saturated heterocycles. The summed E-state index contributed by atoms with van der Waals surface area (Å²) < 4.78 is 49.0. The number of amides is 2. The van der Waals surface area contributed by atoms with Crippen LogP contribution in [0.2, 0.25) is 0 Å². The molecule has 2 aromatic rings. The fourth-order valence-electron chi connectivity index (χ4n) is 2.93. The van der Waals surface area contributed by atoms with Crippen LogP contribution < -0.4 is 15.4 Å². The number of nitrogens with one attached hydrogen (secondary N) is 2. The van der Waals surface area contributed by atoms with E-state index in [1.807, 2.05) is 0 Å². The number of methoxy groups -OCH3 is 1. The fraction of sp³-hybridized carbons (Fsp3) is 0.300. The van der Waals surface area contributed by atoms with Crippen LogP contribution in [0.4, 0.5) is 18.0 Å². The van der Waals surface area contributed by atoms with Crippen molar-refractivity contribution in [3.63, 3.8) is 0 Å². The van der Waals surface area contributed by atoms with Crippen molar-refractivity contribution < 1.29 is 32.2 Å². The smallest absolute Gasteiger partial charge is 0.433 e. The van der Waals surface area contributed by atoms with E-state index in [1.54, 1.807) is 31.2 Å². The third-order valence-electron chi connectivity index (χ3n) is 4.37. The van der Waals surface area contributed by atoms with E-state index < -0.39 is 29.9 Å². The van der Waals surface area contributed by atoms with E-state index in [9.17, 15) is 22.8 Å². The predicted molar refractivity (Wildman–Crippen MR) is 109 cm³/mol. The number of aromatic nitrogens is 2. The zero-order valence-electron chi connectivity index (χ0n) is 17.0. The summed E-state index contributed by atoms with van der Waals surface area (Å²) in [5.41, 5.74) is -0.156. The van der Waals surface area contributed by atoms with E-state index in [2.05, 4.69) is 20.6 Å². The second-order valence-corrected chi connectivity index (χ2v) is 7.37. The molecule has 0 aliphatic carbocycles. The van der Waals surface area contributed by atoms with Crippen molar-refractivity contribution in [3.05, 3.63) is 59.1 Å². The maximum Gasteiger partial charge on any atom is 0.433 e. The molecule has 0 fully saturated rings. The van der Waals surface area contributed by atoms with Crippen molar-refractivity contribution in [1.29, 1.82) is 0 Å². The average molecular weight is 468 g/mol. The quantitative estimate of drug-likeness (QED) is 0.364. The molecule has 1 unspecified atom stereocenters. The summed E-state index contributed by atoms with van der Waals surface area (Å²) in [6.07, 6.45) is -3.62. The molecule has 12 heteroatoms. The molecule has 0 saturated carbocycles. The van der Waals surface area contributed by atoms with Gasteiger partial charge in [-0.25, -0.2) is 19.6 Å². The summed E-state index contributed by atoms with van der Waals surface area (Å²) in [5, 5.41) is 5.08. The summed E-state index contributed by atoms with van der Waals surface area (Å²) in [5.74, 6) is -0.134. The summed E-state index contributed by atoms with van der Waals surface area (Å²) in [6, 6.07) is 6.10. The minimum absolute atomic E-state index is 0.0600. The van der Waals surface area contributed by atoms with E-state index >= 15 is 0 Å². The Kier molecular flexibility index (Phi) is 7.23. The van der Waals surface area contributed by atoms with Gasteiger partial charge in [0.15, 0.2) is 5.16 Å². The Morgan fingerprint density at radius 3 is 2.56 bits per heavy atom. The lowest BCUT2D eigenvalue weighted by atomic mass is 9.95. The fourth-order valence-corrected chi connectivity index (χ4v) is 3.73. The van der Waals surface area contributed by atoms with Gasteiger partial charge in [0.2, 0.25) is 0 Å². The van der Waals surface area contributed by atoms with E-state index in [0.717, 1.165) is 24.0 Å². The van der Waals surface area contributed by atoms with Crippen LogP contribution in [-0.4, -0.2) is 41.4 Å². The lowest BCUT2D eigenvalue weighted by Gasteiger charge is -2.29. The van der Waals surface area contributed by atoms with Gasteiger partial charge in [0.1, 0.15) is 11.4 Å². The van der Waals surface area contributed by atoms with Gasteiger partial charge in [-0.3, -0.25) is 0 Å².